The summed E-state index contributed by atoms with van der Waals surface area (Å²) in [4.78, 5) is 27.6. The molecule has 0 aliphatic rings. The number of hydrogen-bond acceptors (Lipinski definition) is 2. The van der Waals surface area contributed by atoms with Gasteiger partial charge in [0.1, 0.15) is 12.7 Å². The Kier molecular flexibility index (Phi) is 4.57. The Morgan fingerprint density at radius 3 is 2.71 bits per heavy atom. The van der Waals surface area contributed by atoms with E-state index < -0.39 is 18.6 Å². The van der Waals surface area contributed by atoms with Crippen LogP contribution in [-0.4, -0.2) is 41.0 Å². The summed E-state index contributed by atoms with van der Waals surface area (Å²) in [6.07, 6.45) is 2.05. The zero-order valence-electron chi connectivity index (χ0n) is 11.8. The minimum Gasteiger partial charge on any atom is -0.368 e. The number of nitrogens with one attached hydrogen (secondary N) is 1. The topological polar surface area (TPSA) is 79.2 Å². The van der Waals surface area contributed by atoms with Crippen LogP contribution in [0.3, 0.4) is 0 Å². The van der Waals surface area contributed by atoms with Gasteiger partial charge in [0.05, 0.1) is 0 Å². The second-order valence-corrected chi connectivity index (χ2v) is 4.88. The number of amides is 2. The molecule has 3 N–H and O–H groups in total. The number of carbonyl (C=O) groups is 2. The monoisotopic (exact) mass is 291 g/mol. The largest absolute Gasteiger partial charge is 0.368 e. The lowest BCUT2D eigenvalue weighted by molar-refractivity contribution is -0.137. The van der Waals surface area contributed by atoms with Crippen molar-refractivity contribution in [3.05, 3.63) is 36.0 Å². The fourth-order valence-electron chi connectivity index (χ4n) is 2.50. The fraction of sp³-hybridized carbons (Fsp3) is 0.333. The van der Waals surface area contributed by atoms with Crippen molar-refractivity contribution in [2.75, 3.05) is 13.2 Å². The van der Waals surface area contributed by atoms with Gasteiger partial charge in [0, 0.05) is 37.0 Å². The van der Waals surface area contributed by atoms with Crippen LogP contribution in [0.5, 0.6) is 0 Å². The molecule has 112 valence electrons. The third-order valence-corrected chi connectivity index (χ3v) is 3.52. The molecular formula is C15H18FN3O2. The van der Waals surface area contributed by atoms with E-state index in [-0.39, 0.29) is 18.9 Å². The molecule has 0 saturated heterocycles. The SMILES string of the molecule is CC(=O)N(CCF)C(Cc1c[nH]c2ccccc12)C(N)=O. The van der Waals surface area contributed by atoms with Crippen LogP contribution < -0.4 is 5.73 Å². The van der Waals surface area contributed by atoms with Crippen LogP contribution in [0.25, 0.3) is 10.9 Å². The summed E-state index contributed by atoms with van der Waals surface area (Å²) in [5.41, 5.74) is 7.22. The minimum absolute atomic E-state index is 0.134. The van der Waals surface area contributed by atoms with Crippen molar-refractivity contribution in [2.24, 2.45) is 5.73 Å². The van der Waals surface area contributed by atoms with E-state index in [1.54, 1.807) is 6.20 Å². The number of carbonyl (C=O) groups excluding carboxylic acids is 2. The molecule has 1 heterocycles. The van der Waals surface area contributed by atoms with Gasteiger partial charge >= 0.3 is 0 Å². The highest BCUT2D eigenvalue weighted by molar-refractivity contribution is 5.88. The molecule has 5 nitrogen and oxygen atoms in total. The van der Waals surface area contributed by atoms with Crippen molar-refractivity contribution in [1.29, 1.82) is 0 Å². The van der Waals surface area contributed by atoms with Gasteiger partial charge in [-0.15, -0.1) is 0 Å². The summed E-state index contributed by atoms with van der Waals surface area (Å²) in [5, 5.41) is 0.965. The standard InChI is InChI=1S/C15H18FN3O2/c1-10(20)19(7-6-16)14(15(17)21)8-11-9-18-13-5-3-2-4-12(11)13/h2-5,9,14,18H,6-8H2,1H3,(H2,17,21). The van der Waals surface area contributed by atoms with E-state index in [1.807, 2.05) is 24.3 Å². The number of para-hydroxylation sites is 1. The van der Waals surface area contributed by atoms with Crippen LogP contribution in [0.15, 0.2) is 30.5 Å². The second-order valence-electron chi connectivity index (χ2n) is 4.88. The first kappa shape index (κ1) is 15.0. The Hall–Kier alpha value is -2.37. The van der Waals surface area contributed by atoms with E-state index in [4.69, 9.17) is 5.73 Å². The highest BCUT2D eigenvalue weighted by Crippen LogP contribution is 2.20. The molecule has 2 aromatic rings. The fourth-order valence-corrected chi connectivity index (χ4v) is 2.50. The van der Waals surface area contributed by atoms with Crippen LogP contribution in [0.2, 0.25) is 0 Å². The van der Waals surface area contributed by atoms with Crippen LogP contribution in [0, 0.1) is 0 Å². The molecule has 0 bridgehead atoms. The van der Waals surface area contributed by atoms with Crippen molar-refractivity contribution in [2.45, 2.75) is 19.4 Å². The van der Waals surface area contributed by atoms with Crippen molar-refractivity contribution in [1.82, 2.24) is 9.88 Å². The van der Waals surface area contributed by atoms with Gasteiger partial charge < -0.3 is 15.6 Å². The Morgan fingerprint density at radius 1 is 1.38 bits per heavy atom. The number of H-pyrrole nitrogens is 1. The number of alkyl halides is 1. The van der Waals surface area contributed by atoms with Gasteiger partial charge in [-0.2, -0.15) is 0 Å². The van der Waals surface area contributed by atoms with Gasteiger partial charge in [-0.3, -0.25) is 9.59 Å². The number of rotatable bonds is 6. The highest BCUT2D eigenvalue weighted by Gasteiger charge is 2.27. The summed E-state index contributed by atoms with van der Waals surface area (Å²) in [7, 11) is 0. The van der Waals surface area contributed by atoms with Crippen LogP contribution in [-0.2, 0) is 16.0 Å². The molecular weight excluding hydrogens is 273 g/mol. The zero-order chi connectivity index (χ0) is 15.4. The van der Waals surface area contributed by atoms with Gasteiger partial charge in [0.15, 0.2) is 0 Å². The zero-order valence-corrected chi connectivity index (χ0v) is 11.8. The molecule has 0 saturated carbocycles. The molecule has 6 heteroatoms. The number of nitrogens with zero attached hydrogens (tertiary/aromatic N) is 1. The molecule has 1 unspecified atom stereocenters. The lowest BCUT2D eigenvalue weighted by Crippen LogP contribution is -2.49. The molecule has 21 heavy (non-hydrogen) atoms. The molecule has 1 aromatic heterocycles. The first-order valence-electron chi connectivity index (χ1n) is 6.72. The number of fused-ring (bicyclic) bond motifs is 1. The van der Waals surface area contributed by atoms with Crippen molar-refractivity contribution in [3.63, 3.8) is 0 Å². The van der Waals surface area contributed by atoms with Crippen LogP contribution in [0.1, 0.15) is 12.5 Å². The maximum absolute atomic E-state index is 12.6. The molecule has 0 radical (unpaired) electrons. The predicted octanol–water partition coefficient (Wildman–Crippen LogP) is 1.38. The van der Waals surface area contributed by atoms with E-state index in [0.29, 0.717) is 0 Å². The predicted molar refractivity (Wildman–Crippen MR) is 78.3 cm³/mol. The first-order chi connectivity index (χ1) is 10.0. The summed E-state index contributed by atoms with van der Waals surface area (Å²) < 4.78 is 12.6. The van der Waals surface area contributed by atoms with E-state index in [0.717, 1.165) is 16.5 Å². The third-order valence-electron chi connectivity index (χ3n) is 3.52. The van der Waals surface area contributed by atoms with Crippen LogP contribution >= 0.6 is 0 Å². The van der Waals surface area contributed by atoms with Crippen molar-refractivity contribution >= 4 is 22.7 Å². The quantitative estimate of drug-likeness (QED) is 0.843. The average Bonchev–Trinajstić information content (AvgIpc) is 2.85. The Balaban J connectivity index is 2.31. The van der Waals surface area contributed by atoms with E-state index >= 15 is 0 Å². The first-order valence-corrected chi connectivity index (χ1v) is 6.72. The normalized spacial score (nSPS) is 12.3. The van der Waals surface area contributed by atoms with Gasteiger partial charge in [0.2, 0.25) is 11.8 Å². The molecule has 1 atom stereocenters. The van der Waals surface area contributed by atoms with Gasteiger partial charge in [-0.1, -0.05) is 18.2 Å². The number of aromatic nitrogens is 1. The summed E-state index contributed by atoms with van der Waals surface area (Å²) >= 11 is 0. The average molecular weight is 291 g/mol. The number of halogens is 1. The smallest absolute Gasteiger partial charge is 0.240 e. The van der Waals surface area contributed by atoms with Crippen molar-refractivity contribution < 1.29 is 14.0 Å². The van der Waals surface area contributed by atoms with Crippen molar-refractivity contribution in [3.8, 4) is 0 Å². The maximum Gasteiger partial charge on any atom is 0.240 e. The molecule has 0 spiro atoms. The van der Waals surface area contributed by atoms with E-state index in [2.05, 4.69) is 4.98 Å². The number of aromatic amines is 1. The molecule has 0 aliphatic heterocycles. The number of nitrogens with two attached hydrogens (primary N) is 1. The Labute approximate surface area is 121 Å². The summed E-state index contributed by atoms with van der Waals surface area (Å²) in [6, 6.07) is 6.79. The van der Waals surface area contributed by atoms with Gasteiger partial charge in [0.25, 0.3) is 0 Å². The second kappa shape index (κ2) is 6.39. The third kappa shape index (κ3) is 3.21. The van der Waals surface area contributed by atoms with E-state index in [9.17, 15) is 14.0 Å². The molecule has 0 fully saturated rings. The summed E-state index contributed by atoms with van der Waals surface area (Å²) in [6.45, 7) is 0.462. The number of primary amides is 1. The highest BCUT2D eigenvalue weighted by atomic mass is 19.1. The molecule has 2 amide bonds. The molecule has 0 aliphatic carbocycles. The number of hydrogen-bond donors (Lipinski definition) is 2. The summed E-state index contributed by atoms with van der Waals surface area (Å²) in [5.74, 6) is -1.000. The van der Waals surface area contributed by atoms with E-state index in [1.165, 1.54) is 11.8 Å². The van der Waals surface area contributed by atoms with Crippen LogP contribution in [0.4, 0.5) is 4.39 Å². The minimum atomic E-state index is -0.850. The lowest BCUT2D eigenvalue weighted by atomic mass is 10.0. The Morgan fingerprint density at radius 2 is 2.10 bits per heavy atom. The number of benzene rings is 1. The lowest BCUT2D eigenvalue weighted by Gasteiger charge is -2.27. The van der Waals surface area contributed by atoms with Gasteiger partial charge in [-0.05, 0) is 11.6 Å². The van der Waals surface area contributed by atoms with Gasteiger partial charge in [-0.25, -0.2) is 4.39 Å². The molecule has 2 rings (SSSR count). The molecule has 1 aromatic carbocycles. The Bertz CT molecular complexity index is 653. The maximum atomic E-state index is 12.6.